The molecule has 1 saturated carbocycles. The Labute approximate surface area is 228 Å². The third-order valence-corrected chi connectivity index (χ3v) is 7.77. The van der Waals surface area contributed by atoms with Crippen LogP contribution in [-0.4, -0.2) is 45.2 Å². The zero-order valence-electron chi connectivity index (χ0n) is 21.5. The van der Waals surface area contributed by atoms with E-state index >= 15 is 0 Å². The Morgan fingerprint density at radius 2 is 1.76 bits per heavy atom. The van der Waals surface area contributed by atoms with Crippen molar-refractivity contribution in [1.29, 1.82) is 0 Å². The molecule has 1 aliphatic heterocycles. The predicted molar refractivity (Wildman–Crippen MR) is 149 cm³/mol. The van der Waals surface area contributed by atoms with Crippen molar-refractivity contribution < 1.29 is 9.53 Å². The summed E-state index contributed by atoms with van der Waals surface area (Å²) in [5, 5.41) is 5.78. The Bertz CT molecular complexity index is 1430. The molecule has 7 heteroatoms. The number of hydrogen-bond donors (Lipinski definition) is 0. The van der Waals surface area contributed by atoms with Crippen molar-refractivity contribution in [2.45, 2.75) is 44.9 Å². The zero-order chi connectivity index (χ0) is 26.1. The molecule has 2 heterocycles. The molecule has 0 N–H and O–H groups in total. The Balaban J connectivity index is 1.34. The maximum Gasteiger partial charge on any atom is 0.254 e. The minimum absolute atomic E-state index is 0.0353. The monoisotopic (exact) mass is 526 g/mol. The van der Waals surface area contributed by atoms with Crippen molar-refractivity contribution in [3.63, 3.8) is 0 Å². The number of para-hydroxylation sites is 1. The molecule has 6 rings (SSSR count). The fourth-order valence-electron chi connectivity index (χ4n) is 5.28. The van der Waals surface area contributed by atoms with E-state index in [1.165, 1.54) is 16.8 Å². The summed E-state index contributed by atoms with van der Waals surface area (Å²) in [7, 11) is 1.63. The van der Waals surface area contributed by atoms with E-state index in [1.807, 2.05) is 58.1 Å². The molecule has 1 aromatic heterocycles. The Morgan fingerprint density at radius 1 is 1.03 bits per heavy atom. The number of carbonyl (C=O) groups excluding carboxylic acids is 1. The molecule has 1 amide bonds. The van der Waals surface area contributed by atoms with Gasteiger partial charge in [-0.1, -0.05) is 54.1 Å². The molecule has 194 valence electrons. The van der Waals surface area contributed by atoms with Crippen LogP contribution in [0.25, 0.3) is 5.69 Å². The van der Waals surface area contributed by atoms with Crippen LogP contribution in [0.15, 0.2) is 78.9 Å². The van der Waals surface area contributed by atoms with Crippen LogP contribution >= 0.6 is 11.6 Å². The molecule has 1 fully saturated rings. The van der Waals surface area contributed by atoms with E-state index in [1.54, 1.807) is 7.11 Å². The van der Waals surface area contributed by atoms with Gasteiger partial charge in [0, 0.05) is 43.2 Å². The molecule has 2 aliphatic rings. The molecule has 0 spiro atoms. The fraction of sp³-hybridized carbons (Fsp3) is 0.290. The highest BCUT2D eigenvalue weighted by Gasteiger charge is 2.35. The average Bonchev–Trinajstić information content (AvgIpc) is 3.74. The SMILES string of the molecule is COc1ccc(C(=O)N(Cc2nn(-c3ccccc3Cl)c3c2CN(Cc2ccccc2)CC3)C2CC2)cc1. The van der Waals surface area contributed by atoms with Crippen LogP contribution in [0.5, 0.6) is 5.75 Å². The lowest BCUT2D eigenvalue weighted by Crippen LogP contribution is -2.34. The normalized spacial score (nSPS) is 15.2. The number of hydrogen-bond acceptors (Lipinski definition) is 4. The van der Waals surface area contributed by atoms with E-state index in [0.29, 0.717) is 17.1 Å². The van der Waals surface area contributed by atoms with Crippen LogP contribution in [0.2, 0.25) is 5.02 Å². The maximum atomic E-state index is 13.7. The Hall–Kier alpha value is -3.61. The number of amides is 1. The number of halogens is 1. The molecular formula is C31H31ClN4O2. The van der Waals surface area contributed by atoms with Gasteiger partial charge in [0.1, 0.15) is 5.75 Å². The molecule has 38 heavy (non-hydrogen) atoms. The van der Waals surface area contributed by atoms with Crippen molar-refractivity contribution in [3.8, 4) is 11.4 Å². The number of carbonyl (C=O) groups is 1. The Kier molecular flexibility index (Phi) is 6.92. The maximum absolute atomic E-state index is 13.7. The van der Waals surface area contributed by atoms with Gasteiger partial charge in [0.2, 0.25) is 0 Å². The van der Waals surface area contributed by atoms with Crippen molar-refractivity contribution in [2.75, 3.05) is 13.7 Å². The smallest absolute Gasteiger partial charge is 0.254 e. The van der Waals surface area contributed by atoms with Crippen molar-refractivity contribution in [1.82, 2.24) is 19.6 Å². The average molecular weight is 527 g/mol. The van der Waals surface area contributed by atoms with Gasteiger partial charge >= 0.3 is 0 Å². The number of benzene rings is 3. The number of methoxy groups -OCH3 is 1. The zero-order valence-corrected chi connectivity index (χ0v) is 22.3. The molecule has 0 radical (unpaired) electrons. The van der Waals surface area contributed by atoms with Gasteiger partial charge in [0.15, 0.2) is 0 Å². The van der Waals surface area contributed by atoms with E-state index in [-0.39, 0.29) is 11.9 Å². The third kappa shape index (κ3) is 5.06. The largest absolute Gasteiger partial charge is 0.497 e. The number of ether oxygens (including phenoxy) is 1. The first-order valence-corrected chi connectivity index (χ1v) is 13.5. The highest BCUT2D eigenvalue weighted by atomic mass is 35.5. The summed E-state index contributed by atoms with van der Waals surface area (Å²) in [6.07, 6.45) is 2.92. The van der Waals surface area contributed by atoms with E-state index in [4.69, 9.17) is 21.4 Å². The van der Waals surface area contributed by atoms with Gasteiger partial charge in [-0.2, -0.15) is 5.10 Å². The van der Waals surface area contributed by atoms with Gasteiger partial charge in [0.25, 0.3) is 5.91 Å². The molecule has 0 bridgehead atoms. The van der Waals surface area contributed by atoms with Crippen LogP contribution in [0.4, 0.5) is 0 Å². The van der Waals surface area contributed by atoms with Gasteiger partial charge < -0.3 is 9.64 Å². The number of aromatic nitrogens is 2. The highest BCUT2D eigenvalue weighted by molar-refractivity contribution is 6.32. The minimum Gasteiger partial charge on any atom is -0.497 e. The summed E-state index contributed by atoms with van der Waals surface area (Å²) in [4.78, 5) is 18.1. The summed E-state index contributed by atoms with van der Waals surface area (Å²) in [5.74, 6) is 0.777. The van der Waals surface area contributed by atoms with E-state index in [9.17, 15) is 4.79 Å². The van der Waals surface area contributed by atoms with Crippen LogP contribution in [0.3, 0.4) is 0 Å². The third-order valence-electron chi connectivity index (χ3n) is 7.45. The van der Waals surface area contributed by atoms with Crippen LogP contribution in [-0.2, 0) is 26.1 Å². The molecule has 0 unspecified atom stereocenters. The standard InChI is InChI=1S/C31H31ClN4O2/c1-38-25-15-11-23(12-16-25)31(37)35(24-13-14-24)21-28-26-20-34(19-22-7-3-2-4-8-22)18-17-29(26)36(33-28)30-10-6-5-9-27(30)32/h2-12,15-16,24H,13-14,17-21H2,1H3. The molecular weight excluding hydrogens is 496 g/mol. The Morgan fingerprint density at radius 3 is 2.47 bits per heavy atom. The predicted octanol–water partition coefficient (Wildman–Crippen LogP) is 5.90. The van der Waals surface area contributed by atoms with E-state index < -0.39 is 0 Å². The van der Waals surface area contributed by atoms with Gasteiger partial charge in [-0.05, 0) is 54.8 Å². The lowest BCUT2D eigenvalue weighted by Gasteiger charge is -2.29. The molecule has 1 aliphatic carbocycles. The molecule has 0 saturated heterocycles. The van der Waals surface area contributed by atoms with Gasteiger partial charge in [-0.3, -0.25) is 9.69 Å². The van der Waals surface area contributed by atoms with E-state index in [0.717, 1.165) is 56.0 Å². The highest BCUT2D eigenvalue weighted by Crippen LogP contribution is 2.34. The second-order valence-electron chi connectivity index (χ2n) is 10.1. The van der Waals surface area contributed by atoms with Gasteiger partial charge in [-0.25, -0.2) is 4.68 Å². The summed E-state index contributed by atoms with van der Waals surface area (Å²) >= 11 is 6.62. The minimum atomic E-state index is 0.0353. The van der Waals surface area contributed by atoms with Crippen LogP contribution < -0.4 is 4.74 Å². The van der Waals surface area contributed by atoms with E-state index in [2.05, 4.69) is 35.2 Å². The molecule has 4 aromatic rings. The summed E-state index contributed by atoms with van der Waals surface area (Å²) in [6, 6.07) is 26.0. The van der Waals surface area contributed by atoms with Gasteiger partial charge in [0.05, 0.1) is 35.8 Å². The first-order valence-electron chi connectivity index (χ1n) is 13.2. The van der Waals surface area contributed by atoms with Crippen LogP contribution in [0, 0.1) is 0 Å². The second kappa shape index (κ2) is 10.6. The first kappa shape index (κ1) is 24.7. The second-order valence-corrected chi connectivity index (χ2v) is 10.5. The topological polar surface area (TPSA) is 50.6 Å². The van der Waals surface area contributed by atoms with Crippen LogP contribution in [0.1, 0.15) is 45.7 Å². The first-order chi connectivity index (χ1) is 18.6. The number of fused-ring (bicyclic) bond motifs is 1. The van der Waals surface area contributed by atoms with Gasteiger partial charge in [-0.15, -0.1) is 0 Å². The van der Waals surface area contributed by atoms with Crippen molar-refractivity contribution in [3.05, 3.63) is 112 Å². The summed E-state index contributed by atoms with van der Waals surface area (Å²) in [5.41, 5.74) is 6.19. The summed E-state index contributed by atoms with van der Waals surface area (Å²) < 4.78 is 7.29. The van der Waals surface area contributed by atoms with Crippen molar-refractivity contribution >= 4 is 17.5 Å². The quantitative estimate of drug-likeness (QED) is 0.287. The molecule has 0 atom stereocenters. The number of nitrogens with zero attached hydrogens (tertiary/aromatic N) is 4. The lowest BCUT2D eigenvalue weighted by molar-refractivity contribution is 0.0726. The summed E-state index contributed by atoms with van der Waals surface area (Å²) in [6.45, 7) is 3.09. The van der Waals surface area contributed by atoms with Crippen molar-refractivity contribution in [2.24, 2.45) is 0 Å². The molecule has 6 nitrogen and oxygen atoms in total. The fourth-order valence-corrected chi connectivity index (χ4v) is 5.50. The number of rotatable bonds is 8. The molecule has 3 aromatic carbocycles. The lowest BCUT2D eigenvalue weighted by atomic mass is 10.0.